The molecule has 1 aliphatic heterocycles. The summed E-state index contributed by atoms with van der Waals surface area (Å²) in [5, 5.41) is 2.73. The fourth-order valence-corrected chi connectivity index (χ4v) is 3.57. The van der Waals surface area contributed by atoms with Crippen molar-refractivity contribution in [2.24, 2.45) is 11.8 Å². The molecule has 1 N–H and O–H groups in total. The number of likely N-dealkylation sites (tertiary alicyclic amines) is 1. The van der Waals surface area contributed by atoms with E-state index in [4.69, 9.17) is 0 Å². The molecule has 4 heteroatoms. The SMILES string of the molecule is O=C(NCC(=O)N1CC2CCCCC2C1)c1ccccc1. The van der Waals surface area contributed by atoms with Gasteiger partial charge in [-0.05, 0) is 36.8 Å². The minimum atomic E-state index is -0.180. The average Bonchev–Trinajstić information content (AvgIpc) is 2.97. The van der Waals surface area contributed by atoms with Crippen LogP contribution in [0.15, 0.2) is 30.3 Å². The number of hydrogen-bond donors (Lipinski definition) is 1. The maximum absolute atomic E-state index is 12.2. The molecule has 2 unspecified atom stereocenters. The summed E-state index contributed by atoms with van der Waals surface area (Å²) >= 11 is 0. The van der Waals surface area contributed by atoms with E-state index in [9.17, 15) is 9.59 Å². The van der Waals surface area contributed by atoms with E-state index in [0.29, 0.717) is 17.4 Å². The number of hydrogen-bond acceptors (Lipinski definition) is 2. The highest BCUT2D eigenvalue weighted by Gasteiger charge is 2.36. The Morgan fingerprint density at radius 2 is 1.67 bits per heavy atom. The van der Waals surface area contributed by atoms with E-state index >= 15 is 0 Å². The van der Waals surface area contributed by atoms with E-state index in [-0.39, 0.29) is 18.4 Å². The molecule has 0 bridgehead atoms. The third kappa shape index (κ3) is 3.26. The van der Waals surface area contributed by atoms with Crippen molar-refractivity contribution < 1.29 is 9.59 Å². The number of nitrogens with one attached hydrogen (secondary N) is 1. The second-order valence-electron chi connectivity index (χ2n) is 6.15. The molecular weight excluding hydrogens is 264 g/mol. The Bertz CT molecular complexity index is 501. The fourth-order valence-electron chi connectivity index (χ4n) is 3.57. The van der Waals surface area contributed by atoms with Gasteiger partial charge in [0.2, 0.25) is 5.91 Å². The summed E-state index contributed by atoms with van der Waals surface area (Å²) in [6, 6.07) is 9.02. The van der Waals surface area contributed by atoms with Gasteiger partial charge in [-0.3, -0.25) is 9.59 Å². The quantitative estimate of drug-likeness (QED) is 0.924. The van der Waals surface area contributed by atoms with E-state index in [2.05, 4.69) is 5.32 Å². The number of rotatable bonds is 3. The normalized spacial score (nSPS) is 24.5. The first-order valence-electron chi connectivity index (χ1n) is 7.85. The first-order chi connectivity index (χ1) is 10.2. The van der Waals surface area contributed by atoms with Gasteiger partial charge in [-0.1, -0.05) is 31.0 Å². The Morgan fingerprint density at radius 1 is 1.05 bits per heavy atom. The fraction of sp³-hybridized carbons (Fsp3) is 0.529. The van der Waals surface area contributed by atoms with Crippen molar-refractivity contribution in [3.8, 4) is 0 Å². The van der Waals surface area contributed by atoms with Gasteiger partial charge in [0.25, 0.3) is 5.91 Å². The molecule has 1 aromatic rings. The van der Waals surface area contributed by atoms with Crippen LogP contribution in [0.4, 0.5) is 0 Å². The van der Waals surface area contributed by atoms with Gasteiger partial charge in [-0.2, -0.15) is 0 Å². The molecular formula is C17H22N2O2. The topological polar surface area (TPSA) is 49.4 Å². The Kier molecular flexibility index (Phi) is 4.23. The van der Waals surface area contributed by atoms with Crippen molar-refractivity contribution in [3.05, 3.63) is 35.9 Å². The van der Waals surface area contributed by atoms with Crippen LogP contribution in [-0.2, 0) is 4.79 Å². The minimum Gasteiger partial charge on any atom is -0.343 e. The van der Waals surface area contributed by atoms with Crippen molar-refractivity contribution in [2.45, 2.75) is 25.7 Å². The molecule has 3 rings (SSSR count). The predicted octanol–water partition coefficient (Wildman–Crippen LogP) is 2.06. The zero-order valence-corrected chi connectivity index (χ0v) is 12.3. The maximum atomic E-state index is 12.2. The van der Waals surface area contributed by atoms with E-state index in [1.807, 2.05) is 23.1 Å². The van der Waals surface area contributed by atoms with Gasteiger partial charge in [0.05, 0.1) is 6.54 Å². The van der Waals surface area contributed by atoms with E-state index < -0.39 is 0 Å². The zero-order valence-electron chi connectivity index (χ0n) is 12.3. The molecule has 4 nitrogen and oxygen atoms in total. The van der Waals surface area contributed by atoms with Crippen molar-refractivity contribution in [2.75, 3.05) is 19.6 Å². The van der Waals surface area contributed by atoms with Crippen LogP contribution in [-0.4, -0.2) is 36.3 Å². The Labute approximate surface area is 125 Å². The summed E-state index contributed by atoms with van der Waals surface area (Å²) < 4.78 is 0. The van der Waals surface area contributed by atoms with Crippen LogP contribution in [0.3, 0.4) is 0 Å². The first kappa shape index (κ1) is 14.1. The summed E-state index contributed by atoms with van der Waals surface area (Å²) in [5.74, 6) is 1.24. The Morgan fingerprint density at radius 3 is 2.29 bits per heavy atom. The number of nitrogens with zero attached hydrogens (tertiary/aromatic N) is 1. The molecule has 2 atom stereocenters. The predicted molar refractivity (Wildman–Crippen MR) is 80.8 cm³/mol. The van der Waals surface area contributed by atoms with Gasteiger partial charge in [0.1, 0.15) is 0 Å². The Balaban J connectivity index is 1.50. The number of carbonyl (C=O) groups is 2. The van der Waals surface area contributed by atoms with Crippen LogP contribution >= 0.6 is 0 Å². The first-order valence-corrected chi connectivity index (χ1v) is 7.85. The van der Waals surface area contributed by atoms with Gasteiger partial charge < -0.3 is 10.2 Å². The third-order valence-electron chi connectivity index (χ3n) is 4.77. The smallest absolute Gasteiger partial charge is 0.251 e. The summed E-state index contributed by atoms with van der Waals surface area (Å²) in [6.07, 6.45) is 5.11. The van der Waals surface area contributed by atoms with Gasteiger partial charge in [-0.25, -0.2) is 0 Å². The molecule has 1 aromatic carbocycles. The van der Waals surface area contributed by atoms with Gasteiger partial charge in [0.15, 0.2) is 0 Å². The molecule has 112 valence electrons. The maximum Gasteiger partial charge on any atom is 0.251 e. The van der Waals surface area contributed by atoms with Crippen LogP contribution in [0, 0.1) is 11.8 Å². The van der Waals surface area contributed by atoms with Crippen molar-refractivity contribution in [1.82, 2.24) is 10.2 Å². The molecule has 2 amide bonds. The van der Waals surface area contributed by atoms with Crippen molar-refractivity contribution in [1.29, 1.82) is 0 Å². The molecule has 1 saturated heterocycles. The molecule has 0 spiro atoms. The van der Waals surface area contributed by atoms with Crippen LogP contribution in [0.25, 0.3) is 0 Å². The lowest BCUT2D eigenvalue weighted by atomic mass is 9.82. The van der Waals surface area contributed by atoms with Gasteiger partial charge in [-0.15, -0.1) is 0 Å². The standard InChI is InChI=1S/C17H22N2O2/c20-16(10-18-17(21)13-6-2-1-3-7-13)19-11-14-8-4-5-9-15(14)12-19/h1-3,6-7,14-15H,4-5,8-12H2,(H,18,21). The molecule has 0 radical (unpaired) electrons. The van der Waals surface area contributed by atoms with E-state index in [0.717, 1.165) is 13.1 Å². The van der Waals surface area contributed by atoms with Crippen molar-refractivity contribution in [3.63, 3.8) is 0 Å². The number of fused-ring (bicyclic) bond motifs is 1. The van der Waals surface area contributed by atoms with Crippen LogP contribution in [0.1, 0.15) is 36.0 Å². The molecule has 1 saturated carbocycles. The molecule has 0 aromatic heterocycles. The largest absolute Gasteiger partial charge is 0.343 e. The lowest BCUT2D eigenvalue weighted by Crippen LogP contribution is -2.39. The zero-order chi connectivity index (χ0) is 14.7. The highest BCUT2D eigenvalue weighted by Crippen LogP contribution is 2.35. The van der Waals surface area contributed by atoms with Crippen LogP contribution in [0.5, 0.6) is 0 Å². The molecule has 2 aliphatic rings. The number of benzene rings is 1. The number of carbonyl (C=O) groups excluding carboxylic acids is 2. The molecule has 2 fully saturated rings. The highest BCUT2D eigenvalue weighted by atomic mass is 16.2. The van der Waals surface area contributed by atoms with Gasteiger partial charge in [0, 0.05) is 18.7 Å². The van der Waals surface area contributed by atoms with E-state index in [1.54, 1.807) is 12.1 Å². The summed E-state index contributed by atoms with van der Waals surface area (Å²) in [5.41, 5.74) is 0.598. The lowest BCUT2D eigenvalue weighted by molar-refractivity contribution is -0.129. The van der Waals surface area contributed by atoms with E-state index in [1.165, 1.54) is 25.7 Å². The minimum absolute atomic E-state index is 0.0497. The number of amides is 2. The Hall–Kier alpha value is -1.84. The highest BCUT2D eigenvalue weighted by molar-refractivity contribution is 5.96. The van der Waals surface area contributed by atoms with Crippen molar-refractivity contribution >= 4 is 11.8 Å². The second kappa shape index (κ2) is 6.29. The van der Waals surface area contributed by atoms with Crippen LogP contribution in [0.2, 0.25) is 0 Å². The van der Waals surface area contributed by atoms with Crippen LogP contribution < -0.4 is 5.32 Å². The lowest BCUT2D eigenvalue weighted by Gasteiger charge is -2.22. The average molecular weight is 286 g/mol. The molecule has 1 heterocycles. The third-order valence-corrected chi connectivity index (χ3v) is 4.77. The summed E-state index contributed by atoms with van der Waals surface area (Å²) in [6.45, 7) is 1.86. The summed E-state index contributed by atoms with van der Waals surface area (Å²) in [4.78, 5) is 26.1. The monoisotopic (exact) mass is 286 g/mol. The van der Waals surface area contributed by atoms with Gasteiger partial charge >= 0.3 is 0 Å². The summed E-state index contributed by atoms with van der Waals surface area (Å²) in [7, 11) is 0. The molecule has 21 heavy (non-hydrogen) atoms. The molecule has 1 aliphatic carbocycles. The second-order valence-corrected chi connectivity index (χ2v) is 6.15.